The summed E-state index contributed by atoms with van der Waals surface area (Å²) in [7, 11) is -2.99. The molecule has 1 saturated carbocycles. The molecule has 1 aliphatic carbocycles. The normalized spacial score (nSPS) is 18.4. The molecule has 1 aliphatic heterocycles. The molecule has 5 rings (SSSR count). The molecular formula is C30H32O6S. The van der Waals surface area contributed by atoms with E-state index in [0.29, 0.717) is 26.2 Å². The van der Waals surface area contributed by atoms with E-state index in [-0.39, 0.29) is 17.6 Å². The van der Waals surface area contributed by atoms with E-state index in [9.17, 15) is 13.2 Å². The Balaban J connectivity index is 1.25. The van der Waals surface area contributed by atoms with Gasteiger partial charge in [-0.3, -0.25) is 4.79 Å². The molecule has 37 heavy (non-hydrogen) atoms. The van der Waals surface area contributed by atoms with Crippen LogP contribution in [-0.4, -0.2) is 38.1 Å². The Kier molecular flexibility index (Phi) is 7.36. The van der Waals surface area contributed by atoms with Gasteiger partial charge in [0.25, 0.3) is 0 Å². The highest BCUT2D eigenvalue weighted by Crippen LogP contribution is 2.47. The van der Waals surface area contributed by atoms with E-state index in [4.69, 9.17) is 14.6 Å². The Bertz CT molecular complexity index is 1390. The van der Waals surface area contributed by atoms with Crippen molar-refractivity contribution in [3.63, 3.8) is 0 Å². The smallest absolute Gasteiger partial charge is 0.307 e. The van der Waals surface area contributed by atoms with E-state index in [0.717, 1.165) is 47.3 Å². The minimum Gasteiger partial charge on any atom is -0.494 e. The zero-order valence-corrected chi connectivity index (χ0v) is 21.8. The second-order valence-electron chi connectivity index (χ2n) is 10.2. The van der Waals surface area contributed by atoms with Crippen LogP contribution in [0.2, 0.25) is 0 Å². The summed E-state index contributed by atoms with van der Waals surface area (Å²) in [6.07, 6.45) is 4.26. The van der Waals surface area contributed by atoms with Gasteiger partial charge in [-0.1, -0.05) is 48.5 Å². The van der Waals surface area contributed by atoms with Crippen LogP contribution in [0.3, 0.4) is 0 Å². The van der Waals surface area contributed by atoms with Crippen LogP contribution in [0.15, 0.2) is 60.7 Å². The van der Waals surface area contributed by atoms with Crippen LogP contribution >= 0.6 is 0 Å². The maximum Gasteiger partial charge on any atom is 0.307 e. The van der Waals surface area contributed by atoms with Crippen molar-refractivity contribution in [1.82, 2.24) is 0 Å². The van der Waals surface area contributed by atoms with E-state index >= 15 is 0 Å². The largest absolute Gasteiger partial charge is 0.494 e. The quantitative estimate of drug-likeness (QED) is 0.371. The topological polar surface area (TPSA) is 89.9 Å². The number of sulfone groups is 1. The monoisotopic (exact) mass is 520 g/mol. The molecule has 0 bridgehead atoms. The fourth-order valence-corrected chi connectivity index (χ4v) is 5.68. The predicted molar refractivity (Wildman–Crippen MR) is 143 cm³/mol. The van der Waals surface area contributed by atoms with Gasteiger partial charge in [-0.2, -0.15) is 0 Å². The van der Waals surface area contributed by atoms with Crippen molar-refractivity contribution in [2.45, 2.75) is 44.8 Å². The molecular weight excluding hydrogens is 488 g/mol. The number of carbonyl (C=O) groups is 1. The van der Waals surface area contributed by atoms with Crippen molar-refractivity contribution < 1.29 is 27.8 Å². The molecule has 194 valence electrons. The third kappa shape index (κ3) is 6.40. The number of aliphatic carboxylic acids is 1. The molecule has 3 aromatic carbocycles. The van der Waals surface area contributed by atoms with Gasteiger partial charge in [-0.25, -0.2) is 8.42 Å². The number of benzene rings is 3. The lowest BCUT2D eigenvalue weighted by molar-refractivity contribution is -0.138. The van der Waals surface area contributed by atoms with Crippen LogP contribution in [0, 0.1) is 5.92 Å². The van der Waals surface area contributed by atoms with E-state index in [1.807, 2.05) is 12.1 Å². The number of aryl methyl sites for hydroxylation is 2. The molecule has 0 radical (unpaired) electrons. The molecule has 6 nitrogen and oxygen atoms in total. The molecule has 0 aromatic heterocycles. The van der Waals surface area contributed by atoms with Crippen LogP contribution in [0.4, 0.5) is 0 Å². The van der Waals surface area contributed by atoms with Crippen LogP contribution < -0.4 is 4.74 Å². The number of carboxylic acids is 1. The number of carboxylic acid groups (broad SMARTS) is 1. The summed E-state index contributed by atoms with van der Waals surface area (Å²) in [4.78, 5) is 11.1. The molecule has 0 saturated heterocycles. The molecule has 0 spiro atoms. The fourth-order valence-electron chi connectivity index (χ4n) is 5.04. The predicted octanol–water partition coefficient (Wildman–Crippen LogP) is 5.17. The Morgan fingerprint density at radius 3 is 2.41 bits per heavy atom. The second-order valence-corrected chi connectivity index (χ2v) is 12.4. The Labute approximate surface area is 218 Å². The molecule has 3 aromatic rings. The van der Waals surface area contributed by atoms with Crippen LogP contribution in [0.25, 0.3) is 11.1 Å². The van der Waals surface area contributed by atoms with Crippen LogP contribution in [-0.2, 0) is 45.4 Å². The molecule has 7 heteroatoms. The zero-order valence-electron chi connectivity index (χ0n) is 21.0. The Morgan fingerprint density at radius 2 is 1.68 bits per heavy atom. The summed E-state index contributed by atoms with van der Waals surface area (Å²) in [6.45, 7) is 1.40. The van der Waals surface area contributed by atoms with Crippen molar-refractivity contribution in [2.75, 3.05) is 18.6 Å². The van der Waals surface area contributed by atoms with Crippen molar-refractivity contribution in [3.05, 3.63) is 88.5 Å². The summed E-state index contributed by atoms with van der Waals surface area (Å²) in [5.41, 5.74) is 8.16. The second kappa shape index (κ2) is 10.7. The number of ether oxygens (including phenoxy) is 2. The Hall–Kier alpha value is -3.16. The zero-order chi connectivity index (χ0) is 26.0. The summed E-state index contributed by atoms with van der Waals surface area (Å²) in [6, 6.07) is 21.0. The summed E-state index contributed by atoms with van der Waals surface area (Å²) < 4.78 is 34.4. The number of hydrogen-bond acceptors (Lipinski definition) is 5. The van der Waals surface area contributed by atoms with Gasteiger partial charge in [0, 0.05) is 6.26 Å². The minimum absolute atomic E-state index is 0.118. The lowest BCUT2D eigenvalue weighted by Gasteiger charge is -2.13. The van der Waals surface area contributed by atoms with Gasteiger partial charge in [0.05, 0.1) is 31.5 Å². The van der Waals surface area contributed by atoms with Crippen LogP contribution in [0.1, 0.15) is 46.6 Å². The SMILES string of the molecule is CS(=O)(=O)CCCOc1ccc2c(c1)COCc1ccc(CCc3ccc([C@H]4C[C@@H]4C(=O)O)cc3)cc1-2. The first-order valence-electron chi connectivity index (χ1n) is 12.7. The van der Waals surface area contributed by atoms with E-state index in [1.165, 1.54) is 22.9 Å². The van der Waals surface area contributed by atoms with Gasteiger partial charge in [0.15, 0.2) is 0 Å². The van der Waals surface area contributed by atoms with Gasteiger partial charge in [-0.15, -0.1) is 0 Å². The molecule has 0 unspecified atom stereocenters. The number of hydrogen-bond donors (Lipinski definition) is 1. The average molecular weight is 521 g/mol. The first-order valence-corrected chi connectivity index (χ1v) is 14.8. The van der Waals surface area contributed by atoms with E-state index < -0.39 is 15.8 Å². The molecule has 1 fully saturated rings. The van der Waals surface area contributed by atoms with E-state index in [1.54, 1.807) is 0 Å². The van der Waals surface area contributed by atoms with Gasteiger partial charge in [-0.05, 0) is 82.7 Å². The van der Waals surface area contributed by atoms with Gasteiger partial charge >= 0.3 is 5.97 Å². The molecule has 1 N–H and O–H groups in total. The summed E-state index contributed by atoms with van der Waals surface area (Å²) in [5.74, 6) is 0.0848. The lowest BCUT2D eigenvalue weighted by Crippen LogP contribution is -2.08. The third-order valence-electron chi connectivity index (χ3n) is 7.20. The minimum atomic E-state index is -2.99. The molecule has 1 heterocycles. The molecule has 0 amide bonds. The van der Waals surface area contributed by atoms with Crippen molar-refractivity contribution in [2.24, 2.45) is 5.92 Å². The van der Waals surface area contributed by atoms with Gasteiger partial charge < -0.3 is 14.6 Å². The standard InChI is InChI=1S/C30H32O6S/c1-37(33,34)14-2-13-36-25-11-12-26-24(16-25)19-35-18-23-10-7-21(15-27(23)26)4-3-20-5-8-22(9-6-20)28-17-29(28)30(31)32/h5-12,15-16,28-29H,2-4,13-14,17-19H2,1H3,(H,31,32)/t28-,29+/m1/s1. The van der Waals surface area contributed by atoms with Crippen LogP contribution in [0.5, 0.6) is 5.75 Å². The number of rotatable bonds is 10. The third-order valence-corrected chi connectivity index (χ3v) is 8.23. The number of fused-ring (bicyclic) bond motifs is 3. The van der Waals surface area contributed by atoms with Crippen molar-refractivity contribution >= 4 is 15.8 Å². The Morgan fingerprint density at radius 1 is 0.946 bits per heavy atom. The molecule has 2 aliphatic rings. The van der Waals surface area contributed by atoms with Gasteiger partial charge in [0.1, 0.15) is 15.6 Å². The highest BCUT2D eigenvalue weighted by molar-refractivity contribution is 7.90. The first-order chi connectivity index (χ1) is 17.8. The molecule has 2 atom stereocenters. The van der Waals surface area contributed by atoms with Gasteiger partial charge in [0.2, 0.25) is 0 Å². The first kappa shape index (κ1) is 25.5. The van der Waals surface area contributed by atoms with Crippen molar-refractivity contribution in [3.8, 4) is 16.9 Å². The summed E-state index contributed by atoms with van der Waals surface area (Å²) >= 11 is 0. The maximum atomic E-state index is 11.3. The summed E-state index contributed by atoms with van der Waals surface area (Å²) in [5, 5.41) is 9.16. The van der Waals surface area contributed by atoms with Crippen molar-refractivity contribution in [1.29, 1.82) is 0 Å². The highest BCUT2D eigenvalue weighted by Gasteiger charge is 2.43. The average Bonchev–Trinajstić information content (AvgIpc) is 3.69. The highest BCUT2D eigenvalue weighted by atomic mass is 32.2. The lowest BCUT2D eigenvalue weighted by atomic mass is 9.93. The van der Waals surface area contributed by atoms with E-state index in [2.05, 4.69) is 48.5 Å². The maximum absolute atomic E-state index is 11.3. The fraction of sp³-hybridized carbons (Fsp3) is 0.367.